The highest BCUT2D eigenvalue weighted by Crippen LogP contribution is 2.24. The molecule has 0 saturated carbocycles. The van der Waals surface area contributed by atoms with Crippen molar-refractivity contribution in [2.24, 2.45) is 0 Å². The van der Waals surface area contributed by atoms with E-state index >= 15 is 0 Å². The number of hydrogen-bond acceptors (Lipinski definition) is 9. The molecule has 0 spiro atoms. The fourth-order valence-electron chi connectivity index (χ4n) is 3.08. The monoisotopic (exact) mass is 432 g/mol. The van der Waals surface area contributed by atoms with E-state index in [1.54, 1.807) is 12.1 Å². The maximum absolute atomic E-state index is 12.3. The van der Waals surface area contributed by atoms with E-state index in [1.165, 1.54) is 24.9 Å². The molecule has 10 nitrogen and oxygen atoms in total. The van der Waals surface area contributed by atoms with Crippen LogP contribution in [0.2, 0.25) is 0 Å². The summed E-state index contributed by atoms with van der Waals surface area (Å²) >= 11 is 0. The Morgan fingerprint density at radius 3 is 2.52 bits per heavy atom. The summed E-state index contributed by atoms with van der Waals surface area (Å²) in [4.78, 5) is 50.3. The third-order valence-corrected chi connectivity index (χ3v) is 4.50. The second-order valence-corrected chi connectivity index (χ2v) is 7.35. The van der Waals surface area contributed by atoms with Crippen LogP contribution in [-0.2, 0) is 33.4 Å². The zero-order chi connectivity index (χ0) is 22.4. The Kier molecular flexibility index (Phi) is 6.78. The molecular formula is C21H24N2O8. The van der Waals surface area contributed by atoms with Gasteiger partial charge in [0.15, 0.2) is 5.57 Å². The number of benzene rings is 1. The Balaban J connectivity index is 1.57. The first-order valence-corrected chi connectivity index (χ1v) is 9.80. The number of hydrogen-bond donors (Lipinski definition) is 1. The fraction of sp³-hybridized carbons (Fsp3) is 0.429. The molecule has 1 N–H and O–H groups in total. The van der Waals surface area contributed by atoms with Crippen LogP contribution in [0.15, 0.2) is 42.1 Å². The highest BCUT2D eigenvalue weighted by Gasteiger charge is 2.40. The van der Waals surface area contributed by atoms with Crippen LogP contribution in [0.4, 0.5) is 0 Å². The lowest BCUT2D eigenvalue weighted by molar-refractivity contribution is -0.222. The number of ether oxygens (including phenoxy) is 4. The van der Waals surface area contributed by atoms with Crippen LogP contribution in [0.25, 0.3) is 0 Å². The molecular weight excluding hydrogens is 408 g/mol. The van der Waals surface area contributed by atoms with Crippen molar-refractivity contribution in [1.29, 1.82) is 0 Å². The topological polar surface area (TPSA) is 120 Å². The summed E-state index contributed by atoms with van der Waals surface area (Å²) in [5.74, 6) is -3.46. The minimum atomic E-state index is -1.37. The molecule has 1 aromatic carbocycles. The van der Waals surface area contributed by atoms with Gasteiger partial charge in [-0.15, -0.1) is 0 Å². The molecule has 0 radical (unpaired) electrons. The van der Waals surface area contributed by atoms with E-state index in [0.29, 0.717) is 5.75 Å². The van der Waals surface area contributed by atoms with Crippen molar-refractivity contribution < 1.29 is 38.1 Å². The molecule has 1 unspecified atom stereocenters. The fourth-order valence-corrected chi connectivity index (χ4v) is 3.08. The molecule has 2 fully saturated rings. The van der Waals surface area contributed by atoms with Gasteiger partial charge >= 0.3 is 17.9 Å². The highest BCUT2D eigenvalue weighted by atomic mass is 16.7. The first kappa shape index (κ1) is 22.1. The maximum Gasteiger partial charge on any atom is 0.350 e. The van der Waals surface area contributed by atoms with E-state index in [4.69, 9.17) is 18.9 Å². The number of nitrogens with one attached hydrogen (secondary N) is 1. The molecule has 3 rings (SSSR count). The lowest BCUT2D eigenvalue weighted by atomic mass is 10.1. The summed E-state index contributed by atoms with van der Waals surface area (Å²) < 4.78 is 20.7. The number of carbonyl (C=O) groups is 4. The van der Waals surface area contributed by atoms with Crippen molar-refractivity contribution in [3.8, 4) is 5.75 Å². The average Bonchev–Trinajstić information content (AvgIpc) is 2.70. The number of amides is 1. The van der Waals surface area contributed by atoms with Gasteiger partial charge in [-0.2, -0.15) is 0 Å². The predicted octanol–water partition coefficient (Wildman–Crippen LogP) is 0.519. The molecule has 0 aromatic heterocycles. The van der Waals surface area contributed by atoms with E-state index in [0.717, 1.165) is 0 Å². The second kappa shape index (κ2) is 9.50. The first-order valence-electron chi connectivity index (χ1n) is 9.80. The van der Waals surface area contributed by atoms with E-state index in [-0.39, 0.29) is 38.3 Å². The molecule has 1 aromatic rings. The van der Waals surface area contributed by atoms with Gasteiger partial charge in [-0.3, -0.25) is 9.59 Å². The second-order valence-electron chi connectivity index (χ2n) is 7.35. The Morgan fingerprint density at radius 2 is 1.84 bits per heavy atom. The highest BCUT2D eigenvalue weighted by molar-refractivity contribution is 6.15. The number of cyclic esters (lactones) is 2. The maximum atomic E-state index is 12.3. The molecule has 10 heteroatoms. The molecule has 2 saturated heterocycles. The van der Waals surface area contributed by atoms with Gasteiger partial charge in [0, 0.05) is 33.1 Å². The standard InChI is InChI=1S/C21H24N2O8/c1-21(2)30-19(26)15(20(27)31-21)13-23-9-8-22-18(25)16(23)12-17(24)29-11-10-28-14-6-4-3-5-7-14/h3-7,13,16H,8-12H2,1-2H3,(H,22,25). The van der Waals surface area contributed by atoms with Crippen molar-refractivity contribution >= 4 is 23.8 Å². The van der Waals surface area contributed by atoms with Crippen LogP contribution in [0.5, 0.6) is 5.75 Å². The summed E-state index contributed by atoms with van der Waals surface area (Å²) in [6, 6.07) is 8.12. The first-order chi connectivity index (χ1) is 14.7. The Hall–Kier alpha value is -3.56. The number of rotatable bonds is 7. The summed E-state index contributed by atoms with van der Waals surface area (Å²) in [5.41, 5.74) is -0.344. The lowest BCUT2D eigenvalue weighted by Gasteiger charge is -2.35. The van der Waals surface area contributed by atoms with Gasteiger partial charge in [-0.25, -0.2) is 9.59 Å². The van der Waals surface area contributed by atoms with Gasteiger partial charge in [0.2, 0.25) is 5.91 Å². The minimum Gasteiger partial charge on any atom is -0.490 e. The van der Waals surface area contributed by atoms with Crippen LogP contribution in [0.3, 0.4) is 0 Å². The SMILES string of the molecule is CC1(C)OC(=O)C(=CN2CCNC(=O)C2CC(=O)OCCOc2ccccc2)C(=O)O1. The summed E-state index contributed by atoms with van der Waals surface area (Å²) in [7, 11) is 0. The molecule has 2 aliphatic heterocycles. The predicted molar refractivity (Wildman–Crippen MR) is 105 cm³/mol. The van der Waals surface area contributed by atoms with Gasteiger partial charge in [0.05, 0.1) is 6.42 Å². The zero-order valence-corrected chi connectivity index (χ0v) is 17.3. The summed E-state index contributed by atoms with van der Waals surface area (Å²) in [6.07, 6.45) is 0.936. The van der Waals surface area contributed by atoms with Gasteiger partial charge in [-0.1, -0.05) is 18.2 Å². The normalized spacial score (nSPS) is 20.3. The van der Waals surface area contributed by atoms with Crippen molar-refractivity contribution in [3.63, 3.8) is 0 Å². The molecule has 2 aliphatic rings. The smallest absolute Gasteiger partial charge is 0.350 e. The lowest BCUT2D eigenvalue weighted by Crippen LogP contribution is -2.54. The van der Waals surface area contributed by atoms with Crippen molar-refractivity contribution in [3.05, 3.63) is 42.1 Å². The average molecular weight is 432 g/mol. The van der Waals surface area contributed by atoms with E-state index < -0.39 is 35.6 Å². The van der Waals surface area contributed by atoms with Crippen molar-refractivity contribution in [1.82, 2.24) is 10.2 Å². The quantitative estimate of drug-likeness (QED) is 0.284. The molecule has 1 atom stereocenters. The van der Waals surface area contributed by atoms with Crippen LogP contribution in [0.1, 0.15) is 20.3 Å². The number of para-hydroxylation sites is 1. The van der Waals surface area contributed by atoms with E-state index in [2.05, 4.69) is 5.32 Å². The molecule has 1 amide bonds. The summed E-state index contributed by atoms with van der Waals surface area (Å²) in [5, 5.41) is 2.65. The largest absolute Gasteiger partial charge is 0.490 e. The number of carbonyl (C=O) groups excluding carboxylic acids is 4. The van der Waals surface area contributed by atoms with Crippen molar-refractivity contribution in [2.45, 2.75) is 32.1 Å². The van der Waals surface area contributed by atoms with E-state index in [9.17, 15) is 19.2 Å². The Bertz CT molecular complexity index is 859. The Labute approximate surface area is 179 Å². The third-order valence-electron chi connectivity index (χ3n) is 4.50. The number of nitrogens with zero attached hydrogens (tertiary/aromatic N) is 1. The zero-order valence-electron chi connectivity index (χ0n) is 17.3. The number of piperazine rings is 1. The van der Waals surface area contributed by atoms with E-state index in [1.807, 2.05) is 18.2 Å². The summed E-state index contributed by atoms with van der Waals surface area (Å²) in [6.45, 7) is 3.62. The molecule has 2 heterocycles. The molecule has 31 heavy (non-hydrogen) atoms. The van der Waals surface area contributed by atoms with Crippen LogP contribution >= 0.6 is 0 Å². The van der Waals surface area contributed by atoms with Crippen LogP contribution < -0.4 is 10.1 Å². The molecule has 166 valence electrons. The van der Waals surface area contributed by atoms with Gasteiger partial charge in [-0.05, 0) is 12.1 Å². The van der Waals surface area contributed by atoms with Crippen molar-refractivity contribution in [2.75, 3.05) is 26.3 Å². The number of esters is 3. The van der Waals surface area contributed by atoms with Gasteiger partial charge in [0.1, 0.15) is 25.0 Å². The minimum absolute atomic E-state index is 0.0108. The van der Waals surface area contributed by atoms with Crippen LogP contribution in [-0.4, -0.2) is 66.8 Å². The van der Waals surface area contributed by atoms with Gasteiger partial charge in [0.25, 0.3) is 5.79 Å². The third kappa shape index (κ3) is 5.97. The Morgan fingerprint density at radius 1 is 1.16 bits per heavy atom. The molecule has 0 aliphatic carbocycles. The van der Waals surface area contributed by atoms with Gasteiger partial charge < -0.3 is 29.2 Å². The molecule has 0 bridgehead atoms. The van der Waals surface area contributed by atoms with Crippen LogP contribution in [0, 0.1) is 0 Å².